The fourth-order valence-electron chi connectivity index (χ4n) is 4.08. The second-order valence-corrected chi connectivity index (χ2v) is 8.93. The molecule has 0 aliphatic carbocycles. The first-order valence-corrected chi connectivity index (χ1v) is 12.2. The normalized spacial score (nSPS) is 14.7. The summed E-state index contributed by atoms with van der Waals surface area (Å²) in [5, 5.41) is 6.73. The largest absolute Gasteiger partial charge is 0.357 e. The predicted molar refractivity (Wildman–Crippen MR) is 137 cm³/mol. The SMILES string of the molecule is CCNC(=NCc1ccc(CN2CCCCC2)cc1)NCCc1cccc(C(=O)N(C)C)c1. The number of amides is 1. The van der Waals surface area contributed by atoms with E-state index in [2.05, 4.69) is 52.8 Å². The van der Waals surface area contributed by atoms with Gasteiger partial charge in [0.05, 0.1) is 6.54 Å². The zero-order valence-corrected chi connectivity index (χ0v) is 20.4. The van der Waals surface area contributed by atoms with Crippen LogP contribution in [0.3, 0.4) is 0 Å². The van der Waals surface area contributed by atoms with Gasteiger partial charge in [-0.3, -0.25) is 9.69 Å². The summed E-state index contributed by atoms with van der Waals surface area (Å²) in [6, 6.07) is 16.7. The van der Waals surface area contributed by atoms with E-state index in [0.29, 0.717) is 6.54 Å². The van der Waals surface area contributed by atoms with E-state index in [9.17, 15) is 4.79 Å². The number of rotatable bonds is 9. The second-order valence-electron chi connectivity index (χ2n) is 8.93. The van der Waals surface area contributed by atoms with Crippen LogP contribution in [-0.2, 0) is 19.5 Å². The van der Waals surface area contributed by atoms with E-state index < -0.39 is 0 Å². The van der Waals surface area contributed by atoms with Crippen molar-refractivity contribution in [1.29, 1.82) is 0 Å². The summed E-state index contributed by atoms with van der Waals surface area (Å²) >= 11 is 0. The third kappa shape index (κ3) is 8.21. The molecule has 0 aromatic heterocycles. The monoisotopic (exact) mass is 449 g/mol. The number of carbonyl (C=O) groups excluding carboxylic acids is 1. The third-order valence-electron chi connectivity index (χ3n) is 5.93. The van der Waals surface area contributed by atoms with Crippen molar-refractivity contribution in [3.8, 4) is 0 Å². The highest BCUT2D eigenvalue weighted by Crippen LogP contribution is 2.14. The molecule has 1 aliphatic rings. The molecule has 1 heterocycles. The Bertz CT molecular complexity index is 901. The molecule has 3 rings (SSSR count). The topological polar surface area (TPSA) is 60.0 Å². The van der Waals surface area contributed by atoms with E-state index in [4.69, 9.17) is 4.99 Å². The van der Waals surface area contributed by atoms with Gasteiger partial charge in [0.25, 0.3) is 5.91 Å². The summed E-state index contributed by atoms with van der Waals surface area (Å²) in [5.41, 5.74) is 4.45. The number of piperidine rings is 1. The van der Waals surface area contributed by atoms with Crippen LogP contribution in [0.5, 0.6) is 0 Å². The molecule has 0 radical (unpaired) electrons. The summed E-state index contributed by atoms with van der Waals surface area (Å²) in [7, 11) is 3.55. The zero-order chi connectivity index (χ0) is 23.5. The lowest BCUT2D eigenvalue weighted by Crippen LogP contribution is -2.38. The van der Waals surface area contributed by atoms with Crippen molar-refractivity contribution in [1.82, 2.24) is 20.4 Å². The van der Waals surface area contributed by atoms with Gasteiger partial charge in [0, 0.05) is 39.3 Å². The number of guanidine groups is 1. The van der Waals surface area contributed by atoms with Gasteiger partial charge in [-0.25, -0.2) is 4.99 Å². The molecule has 0 spiro atoms. The van der Waals surface area contributed by atoms with Gasteiger partial charge >= 0.3 is 0 Å². The Balaban J connectivity index is 1.50. The molecule has 178 valence electrons. The van der Waals surface area contributed by atoms with Crippen LogP contribution in [0, 0.1) is 0 Å². The molecule has 0 atom stereocenters. The highest BCUT2D eigenvalue weighted by molar-refractivity contribution is 5.94. The van der Waals surface area contributed by atoms with Gasteiger partial charge in [0.1, 0.15) is 0 Å². The van der Waals surface area contributed by atoms with Crippen molar-refractivity contribution in [2.45, 2.75) is 45.7 Å². The van der Waals surface area contributed by atoms with E-state index in [1.165, 1.54) is 43.5 Å². The van der Waals surface area contributed by atoms with E-state index in [1.807, 2.05) is 18.2 Å². The second kappa shape index (κ2) is 13.0. The average molecular weight is 450 g/mol. The number of likely N-dealkylation sites (tertiary alicyclic amines) is 1. The number of nitrogens with one attached hydrogen (secondary N) is 2. The summed E-state index contributed by atoms with van der Waals surface area (Å²) < 4.78 is 0. The maximum atomic E-state index is 12.2. The minimum absolute atomic E-state index is 0.0293. The number of carbonyl (C=O) groups is 1. The molecule has 6 nitrogen and oxygen atoms in total. The molecular weight excluding hydrogens is 410 g/mol. The minimum atomic E-state index is 0.0293. The molecule has 2 aromatic carbocycles. The third-order valence-corrected chi connectivity index (χ3v) is 5.93. The van der Waals surface area contributed by atoms with Crippen LogP contribution in [-0.4, -0.2) is 61.9 Å². The smallest absolute Gasteiger partial charge is 0.253 e. The fraction of sp³-hybridized carbons (Fsp3) is 0.481. The minimum Gasteiger partial charge on any atom is -0.357 e. The van der Waals surface area contributed by atoms with Crippen LogP contribution in [0.2, 0.25) is 0 Å². The standard InChI is InChI=1S/C27H39N5O/c1-4-28-27(29-16-15-22-9-8-10-25(19-22)26(33)31(2)3)30-20-23-11-13-24(14-12-23)21-32-17-6-5-7-18-32/h8-14,19H,4-7,15-18,20-21H2,1-3H3,(H2,28,29,30). The highest BCUT2D eigenvalue weighted by Gasteiger charge is 2.10. The predicted octanol–water partition coefficient (Wildman–Crippen LogP) is 3.67. The number of hydrogen-bond donors (Lipinski definition) is 2. The molecule has 33 heavy (non-hydrogen) atoms. The molecule has 0 unspecified atom stereocenters. The first-order valence-electron chi connectivity index (χ1n) is 12.2. The fourth-order valence-corrected chi connectivity index (χ4v) is 4.08. The maximum Gasteiger partial charge on any atom is 0.253 e. The highest BCUT2D eigenvalue weighted by atomic mass is 16.2. The van der Waals surface area contributed by atoms with Gasteiger partial charge in [-0.05, 0) is 68.1 Å². The number of benzene rings is 2. The van der Waals surface area contributed by atoms with Crippen LogP contribution in [0.1, 0.15) is 53.2 Å². The van der Waals surface area contributed by atoms with Crippen molar-refractivity contribution in [3.63, 3.8) is 0 Å². The molecule has 0 bridgehead atoms. The Labute approximate surface area is 199 Å². The first kappa shape index (κ1) is 24.8. The Morgan fingerprint density at radius 2 is 1.70 bits per heavy atom. The van der Waals surface area contributed by atoms with Crippen LogP contribution in [0.25, 0.3) is 0 Å². The Hall–Kier alpha value is -2.86. The van der Waals surface area contributed by atoms with E-state index in [1.54, 1.807) is 19.0 Å². The molecule has 1 fully saturated rings. The number of hydrogen-bond acceptors (Lipinski definition) is 3. The summed E-state index contributed by atoms with van der Waals surface area (Å²) in [6.07, 6.45) is 4.85. The van der Waals surface area contributed by atoms with Crippen molar-refractivity contribution in [2.24, 2.45) is 4.99 Å². The molecule has 1 amide bonds. The molecule has 1 aliphatic heterocycles. The molecule has 1 saturated heterocycles. The van der Waals surface area contributed by atoms with Gasteiger partial charge in [0.2, 0.25) is 0 Å². The van der Waals surface area contributed by atoms with Gasteiger partial charge in [-0.2, -0.15) is 0 Å². The lowest BCUT2D eigenvalue weighted by molar-refractivity contribution is 0.0827. The van der Waals surface area contributed by atoms with Crippen molar-refractivity contribution in [2.75, 3.05) is 40.3 Å². The summed E-state index contributed by atoms with van der Waals surface area (Å²) in [4.78, 5) is 21.1. The molecule has 6 heteroatoms. The Morgan fingerprint density at radius 3 is 2.39 bits per heavy atom. The summed E-state index contributed by atoms with van der Waals surface area (Å²) in [5.74, 6) is 0.845. The maximum absolute atomic E-state index is 12.2. The van der Waals surface area contributed by atoms with Crippen molar-refractivity contribution in [3.05, 3.63) is 70.8 Å². The lowest BCUT2D eigenvalue weighted by Gasteiger charge is -2.26. The molecule has 0 saturated carbocycles. The van der Waals surface area contributed by atoms with Crippen molar-refractivity contribution >= 4 is 11.9 Å². The Morgan fingerprint density at radius 1 is 0.970 bits per heavy atom. The van der Waals surface area contributed by atoms with Crippen molar-refractivity contribution < 1.29 is 4.79 Å². The van der Waals surface area contributed by atoms with Crippen LogP contribution < -0.4 is 10.6 Å². The molecule has 2 aromatic rings. The number of nitrogens with zero attached hydrogens (tertiary/aromatic N) is 3. The molecule has 2 N–H and O–H groups in total. The van der Waals surface area contributed by atoms with Crippen LogP contribution >= 0.6 is 0 Å². The molecular formula is C27H39N5O. The van der Waals surface area contributed by atoms with Gasteiger partial charge in [-0.1, -0.05) is 42.8 Å². The first-order chi connectivity index (χ1) is 16.0. The zero-order valence-electron chi connectivity index (χ0n) is 20.4. The van der Waals surface area contributed by atoms with E-state index in [-0.39, 0.29) is 5.91 Å². The van der Waals surface area contributed by atoms with Gasteiger partial charge in [0.15, 0.2) is 5.96 Å². The quantitative estimate of drug-likeness (QED) is 0.453. The Kier molecular flexibility index (Phi) is 9.76. The van der Waals surface area contributed by atoms with Gasteiger partial charge in [-0.15, -0.1) is 0 Å². The van der Waals surface area contributed by atoms with Crippen LogP contribution in [0.15, 0.2) is 53.5 Å². The average Bonchev–Trinajstić information content (AvgIpc) is 2.84. The summed E-state index contributed by atoms with van der Waals surface area (Å²) in [6.45, 7) is 7.78. The van der Waals surface area contributed by atoms with Gasteiger partial charge < -0.3 is 15.5 Å². The van der Waals surface area contributed by atoms with Crippen LogP contribution in [0.4, 0.5) is 0 Å². The lowest BCUT2D eigenvalue weighted by atomic mass is 10.1. The number of aliphatic imine (C=N–C) groups is 1. The van der Waals surface area contributed by atoms with E-state index >= 15 is 0 Å². The van der Waals surface area contributed by atoms with E-state index in [0.717, 1.165) is 43.1 Å².